The molecule has 2 aromatic heterocycles. The van der Waals surface area contributed by atoms with Crippen molar-refractivity contribution in [2.45, 2.75) is 6.54 Å². The van der Waals surface area contributed by atoms with Crippen molar-refractivity contribution in [3.8, 4) is 11.5 Å². The Kier molecular flexibility index (Phi) is 5.67. The second kappa shape index (κ2) is 8.72. The Morgan fingerprint density at radius 3 is 2.53 bits per heavy atom. The highest BCUT2D eigenvalue weighted by Gasteiger charge is 2.20. The fourth-order valence-corrected chi connectivity index (χ4v) is 3.32. The summed E-state index contributed by atoms with van der Waals surface area (Å²) in [6, 6.07) is 12.8. The van der Waals surface area contributed by atoms with Crippen molar-refractivity contribution in [2.75, 3.05) is 30.6 Å². The number of aromatic nitrogens is 3. The van der Waals surface area contributed by atoms with Crippen LogP contribution in [0.15, 0.2) is 54.9 Å². The Morgan fingerprint density at radius 2 is 1.88 bits per heavy atom. The van der Waals surface area contributed by atoms with E-state index in [2.05, 4.69) is 20.6 Å². The van der Waals surface area contributed by atoms with Gasteiger partial charge < -0.3 is 31.6 Å². The van der Waals surface area contributed by atoms with Crippen LogP contribution in [0.3, 0.4) is 0 Å². The summed E-state index contributed by atoms with van der Waals surface area (Å²) in [5, 5.41) is 6.42. The van der Waals surface area contributed by atoms with Crippen LogP contribution in [0.25, 0.3) is 5.65 Å². The number of nitrogens with one attached hydrogen (secondary N) is 2. The Hall–Kier alpha value is -4.47. The maximum Gasteiger partial charge on any atom is 0.256 e. The molecule has 0 aliphatic heterocycles. The summed E-state index contributed by atoms with van der Waals surface area (Å²) in [7, 11) is 3.11. The normalized spacial score (nSPS) is 10.7. The minimum atomic E-state index is -0.659. The van der Waals surface area contributed by atoms with Crippen molar-refractivity contribution in [3.05, 3.63) is 66.0 Å². The zero-order valence-corrected chi connectivity index (χ0v) is 17.6. The van der Waals surface area contributed by atoms with Gasteiger partial charge in [-0.15, -0.1) is 0 Å². The van der Waals surface area contributed by atoms with E-state index in [-0.39, 0.29) is 11.4 Å². The van der Waals surface area contributed by atoms with Crippen LogP contribution in [0.5, 0.6) is 11.5 Å². The topological polar surface area (TPSA) is 142 Å². The van der Waals surface area contributed by atoms with Crippen LogP contribution < -0.4 is 31.6 Å². The molecule has 2 heterocycles. The number of nitrogens with zero attached hydrogens (tertiary/aromatic N) is 3. The van der Waals surface area contributed by atoms with Crippen molar-refractivity contribution < 1.29 is 14.3 Å². The van der Waals surface area contributed by atoms with Crippen molar-refractivity contribution in [1.82, 2.24) is 14.4 Å². The number of carbonyl (C=O) groups is 1. The molecular weight excluding hydrogens is 410 g/mol. The van der Waals surface area contributed by atoms with E-state index in [1.54, 1.807) is 49.2 Å². The van der Waals surface area contributed by atoms with Crippen LogP contribution in [-0.4, -0.2) is 34.5 Å². The van der Waals surface area contributed by atoms with Gasteiger partial charge in [-0.1, -0.05) is 12.1 Å². The summed E-state index contributed by atoms with van der Waals surface area (Å²) in [6.45, 7) is 0.466. The molecule has 0 saturated carbocycles. The summed E-state index contributed by atoms with van der Waals surface area (Å²) < 4.78 is 12.3. The zero-order chi connectivity index (χ0) is 22.7. The number of hydrogen-bond acceptors (Lipinski definition) is 8. The summed E-state index contributed by atoms with van der Waals surface area (Å²) in [5.41, 5.74) is 14.3. The van der Waals surface area contributed by atoms with E-state index in [1.165, 1.54) is 0 Å². The first kappa shape index (κ1) is 20.8. The molecule has 0 aliphatic rings. The van der Waals surface area contributed by atoms with E-state index in [4.69, 9.17) is 20.9 Å². The van der Waals surface area contributed by atoms with E-state index < -0.39 is 5.91 Å². The fraction of sp³-hybridized carbons (Fsp3) is 0.136. The highest BCUT2D eigenvalue weighted by molar-refractivity contribution is 6.04. The molecule has 0 unspecified atom stereocenters. The van der Waals surface area contributed by atoms with Crippen molar-refractivity contribution in [2.24, 2.45) is 5.73 Å². The van der Waals surface area contributed by atoms with Crippen LogP contribution in [0.4, 0.5) is 23.1 Å². The lowest BCUT2D eigenvalue weighted by Crippen LogP contribution is -2.18. The van der Waals surface area contributed by atoms with Gasteiger partial charge in [0.25, 0.3) is 5.91 Å². The monoisotopic (exact) mass is 433 g/mol. The largest absolute Gasteiger partial charge is 0.497 e. The fourth-order valence-electron chi connectivity index (χ4n) is 3.32. The lowest BCUT2D eigenvalue weighted by Gasteiger charge is -2.16. The Bertz CT molecular complexity index is 1260. The highest BCUT2D eigenvalue weighted by atomic mass is 16.5. The zero-order valence-electron chi connectivity index (χ0n) is 17.6. The van der Waals surface area contributed by atoms with Gasteiger partial charge in [0, 0.05) is 48.5 Å². The molecule has 10 heteroatoms. The molecule has 1 amide bonds. The van der Waals surface area contributed by atoms with Gasteiger partial charge in [0.05, 0.1) is 14.2 Å². The number of ether oxygens (including phenoxy) is 2. The van der Waals surface area contributed by atoms with Crippen LogP contribution in [0, 0.1) is 0 Å². The standard InChI is InChI=1S/C22H23N7O3/c1-31-16-9-15(10-17(11-16)32-2)27-20-18(19(24)30)21-25-6-7-29(21)22(28-20)26-12-13-4-3-5-14(23)8-13/h3-11,27H,12,23H2,1-2H3,(H2,24,30)(H,26,28). The first-order chi connectivity index (χ1) is 15.5. The molecule has 6 N–H and O–H groups in total. The van der Waals surface area contributed by atoms with Crippen molar-refractivity contribution in [1.29, 1.82) is 0 Å². The van der Waals surface area contributed by atoms with E-state index >= 15 is 0 Å². The number of rotatable bonds is 8. The lowest BCUT2D eigenvalue weighted by molar-refractivity contribution is 0.100. The molecule has 4 aromatic rings. The molecular formula is C22H23N7O3. The Labute approximate surface area is 184 Å². The minimum Gasteiger partial charge on any atom is -0.497 e. The van der Waals surface area contributed by atoms with Gasteiger partial charge >= 0.3 is 0 Å². The van der Waals surface area contributed by atoms with Gasteiger partial charge in [-0.05, 0) is 17.7 Å². The molecule has 0 bridgehead atoms. The van der Waals surface area contributed by atoms with Crippen LogP contribution in [0.1, 0.15) is 15.9 Å². The molecule has 4 rings (SSSR count). The number of anilines is 4. The number of benzene rings is 2. The number of carbonyl (C=O) groups excluding carboxylic acids is 1. The van der Waals surface area contributed by atoms with Crippen LogP contribution in [0.2, 0.25) is 0 Å². The van der Waals surface area contributed by atoms with Gasteiger partial charge in [0.15, 0.2) is 11.5 Å². The van der Waals surface area contributed by atoms with Crippen LogP contribution in [-0.2, 0) is 6.54 Å². The van der Waals surface area contributed by atoms with E-state index in [1.807, 2.05) is 24.3 Å². The maximum absolute atomic E-state index is 12.3. The third-order valence-electron chi connectivity index (χ3n) is 4.81. The SMILES string of the molecule is COc1cc(Nc2nc(NCc3cccc(N)c3)n3ccnc3c2C(N)=O)cc(OC)c1. The second-order valence-electron chi connectivity index (χ2n) is 6.97. The average molecular weight is 433 g/mol. The lowest BCUT2D eigenvalue weighted by atomic mass is 10.2. The number of imidazole rings is 1. The number of nitrogen functional groups attached to an aromatic ring is 1. The van der Waals surface area contributed by atoms with Gasteiger partial charge in [-0.3, -0.25) is 9.20 Å². The molecule has 0 saturated heterocycles. The summed E-state index contributed by atoms with van der Waals surface area (Å²) in [5.74, 6) is 1.22. The van der Waals surface area contributed by atoms with Gasteiger partial charge in [-0.2, -0.15) is 4.98 Å². The predicted molar refractivity (Wildman–Crippen MR) is 123 cm³/mol. The summed E-state index contributed by atoms with van der Waals surface area (Å²) in [4.78, 5) is 21.2. The third kappa shape index (κ3) is 4.19. The van der Waals surface area contributed by atoms with Gasteiger partial charge in [0.1, 0.15) is 17.1 Å². The third-order valence-corrected chi connectivity index (χ3v) is 4.81. The molecule has 0 spiro atoms. The van der Waals surface area contributed by atoms with Gasteiger partial charge in [0.2, 0.25) is 5.95 Å². The molecule has 10 nitrogen and oxygen atoms in total. The molecule has 2 aromatic carbocycles. The molecule has 0 fully saturated rings. The quantitative estimate of drug-likeness (QED) is 0.311. The molecule has 32 heavy (non-hydrogen) atoms. The Balaban J connectivity index is 1.76. The minimum absolute atomic E-state index is 0.159. The first-order valence-electron chi connectivity index (χ1n) is 9.73. The summed E-state index contributed by atoms with van der Waals surface area (Å²) >= 11 is 0. The summed E-state index contributed by atoms with van der Waals surface area (Å²) in [6.07, 6.45) is 3.28. The highest BCUT2D eigenvalue weighted by Crippen LogP contribution is 2.30. The molecule has 0 radical (unpaired) electrons. The average Bonchev–Trinajstić information content (AvgIpc) is 3.26. The second-order valence-corrected chi connectivity index (χ2v) is 6.97. The number of nitrogens with two attached hydrogens (primary N) is 2. The number of primary amides is 1. The number of methoxy groups -OCH3 is 2. The van der Waals surface area contributed by atoms with E-state index in [0.717, 1.165) is 5.56 Å². The van der Waals surface area contributed by atoms with Crippen molar-refractivity contribution in [3.63, 3.8) is 0 Å². The first-order valence-corrected chi connectivity index (χ1v) is 9.73. The molecule has 0 atom stereocenters. The van der Waals surface area contributed by atoms with Crippen LogP contribution >= 0.6 is 0 Å². The molecule has 0 aliphatic carbocycles. The van der Waals surface area contributed by atoms with E-state index in [0.29, 0.717) is 41.0 Å². The maximum atomic E-state index is 12.3. The molecule has 164 valence electrons. The van der Waals surface area contributed by atoms with Crippen molar-refractivity contribution >= 4 is 34.7 Å². The van der Waals surface area contributed by atoms with E-state index in [9.17, 15) is 4.79 Å². The smallest absolute Gasteiger partial charge is 0.256 e. The predicted octanol–water partition coefficient (Wildman–Crippen LogP) is 2.78. The number of hydrogen-bond donors (Lipinski definition) is 4. The van der Waals surface area contributed by atoms with Gasteiger partial charge in [-0.25, -0.2) is 4.98 Å². The Morgan fingerprint density at radius 1 is 1.12 bits per heavy atom. The number of amides is 1. The number of fused-ring (bicyclic) bond motifs is 1.